The van der Waals surface area contributed by atoms with E-state index in [9.17, 15) is 9.59 Å². The number of benzene rings is 1. The molecule has 9 heteroatoms. The predicted octanol–water partition coefficient (Wildman–Crippen LogP) is 0.291. The van der Waals surface area contributed by atoms with E-state index in [1.54, 1.807) is 14.2 Å². The molecule has 28 heavy (non-hydrogen) atoms. The van der Waals surface area contributed by atoms with E-state index in [2.05, 4.69) is 31.9 Å². The van der Waals surface area contributed by atoms with Gasteiger partial charge in [-0.05, 0) is 24.3 Å². The molecule has 3 heterocycles. The van der Waals surface area contributed by atoms with Gasteiger partial charge in [0.1, 0.15) is 17.1 Å². The standard InChI is InChI=1S/C19H24N6O3/c1-22-17-16(18(26)23(2)19(22)27)20-15(21-17)12-24-8-10-25(11-9-24)13-4-6-14(28-3)7-5-13/h4-7H,8-12H2,1-3H3,(H,20,21). The smallest absolute Gasteiger partial charge is 0.332 e. The van der Waals surface area contributed by atoms with Crippen molar-refractivity contribution in [3.63, 3.8) is 0 Å². The van der Waals surface area contributed by atoms with Crippen molar-refractivity contribution in [2.45, 2.75) is 6.54 Å². The zero-order valence-corrected chi connectivity index (χ0v) is 16.3. The molecule has 0 unspecified atom stereocenters. The molecule has 3 aromatic rings. The van der Waals surface area contributed by atoms with Crippen LogP contribution in [-0.4, -0.2) is 57.3 Å². The number of nitrogens with zero attached hydrogens (tertiary/aromatic N) is 5. The fraction of sp³-hybridized carbons (Fsp3) is 0.421. The molecule has 1 N–H and O–H groups in total. The molecule has 1 aliphatic rings. The molecule has 0 aliphatic carbocycles. The third-order valence-electron chi connectivity index (χ3n) is 5.33. The molecule has 0 amide bonds. The Hall–Kier alpha value is -3.07. The van der Waals surface area contributed by atoms with Crippen LogP contribution in [-0.2, 0) is 20.6 Å². The Bertz CT molecular complexity index is 1100. The maximum absolute atomic E-state index is 12.3. The summed E-state index contributed by atoms with van der Waals surface area (Å²) >= 11 is 0. The Kier molecular flexibility index (Phi) is 4.68. The topological polar surface area (TPSA) is 88.4 Å². The summed E-state index contributed by atoms with van der Waals surface area (Å²) in [7, 11) is 4.77. The number of ether oxygens (including phenoxy) is 1. The SMILES string of the molecule is COc1ccc(N2CCN(Cc3nc4c([nH]3)c(=O)n(C)c(=O)n4C)CC2)cc1. The van der Waals surface area contributed by atoms with Crippen LogP contribution in [0.1, 0.15) is 5.82 Å². The van der Waals surface area contributed by atoms with Gasteiger partial charge in [-0.25, -0.2) is 9.78 Å². The van der Waals surface area contributed by atoms with Crippen molar-refractivity contribution in [1.82, 2.24) is 24.0 Å². The van der Waals surface area contributed by atoms with Crippen molar-refractivity contribution in [1.29, 1.82) is 0 Å². The van der Waals surface area contributed by atoms with Gasteiger partial charge in [-0.3, -0.25) is 18.8 Å². The van der Waals surface area contributed by atoms with Gasteiger partial charge in [0.15, 0.2) is 5.65 Å². The lowest BCUT2D eigenvalue weighted by molar-refractivity contribution is 0.245. The van der Waals surface area contributed by atoms with E-state index in [1.165, 1.54) is 17.3 Å². The number of aromatic amines is 1. The highest BCUT2D eigenvalue weighted by molar-refractivity contribution is 5.69. The summed E-state index contributed by atoms with van der Waals surface area (Å²) in [6.45, 7) is 4.21. The second-order valence-electron chi connectivity index (χ2n) is 7.05. The van der Waals surface area contributed by atoms with Gasteiger partial charge in [-0.1, -0.05) is 0 Å². The van der Waals surface area contributed by atoms with E-state index in [0.29, 0.717) is 23.5 Å². The maximum atomic E-state index is 12.3. The minimum atomic E-state index is -0.372. The normalized spacial score (nSPS) is 15.3. The van der Waals surface area contributed by atoms with Crippen LogP contribution in [0.2, 0.25) is 0 Å². The number of aryl methyl sites for hydroxylation is 1. The van der Waals surface area contributed by atoms with Gasteiger partial charge in [0.05, 0.1) is 13.7 Å². The first kappa shape index (κ1) is 18.3. The number of rotatable bonds is 4. The summed E-state index contributed by atoms with van der Waals surface area (Å²) in [6, 6.07) is 8.09. The van der Waals surface area contributed by atoms with E-state index < -0.39 is 0 Å². The molecule has 0 spiro atoms. The number of hydrogen-bond donors (Lipinski definition) is 1. The summed E-state index contributed by atoms with van der Waals surface area (Å²) < 4.78 is 7.71. The van der Waals surface area contributed by atoms with Gasteiger partial charge in [-0.2, -0.15) is 0 Å². The number of anilines is 1. The molecular weight excluding hydrogens is 360 g/mol. The zero-order chi connectivity index (χ0) is 19.8. The van der Waals surface area contributed by atoms with Gasteiger partial charge in [0.2, 0.25) is 0 Å². The number of nitrogens with one attached hydrogen (secondary N) is 1. The van der Waals surface area contributed by atoms with Crippen LogP contribution in [0, 0.1) is 0 Å². The van der Waals surface area contributed by atoms with Crippen LogP contribution in [0.4, 0.5) is 5.69 Å². The molecule has 9 nitrogen and oxygen atoms in total. The van der Waals surface area contributed by atoms with Crippen molar-refractivity contribution >= 4 is 16.9 Å². The molecular formula is C19H24N6O3. The first-order valence-corrected chi connectivity index (χ1v) is 9.24. The fourth-order valence-electron chi connectivity index (χ4n) is 3.62. The van der Waals surface area contributed by atoms with E-state index in [1.807, 2.05) is 12.1 Å². The number of piperazine rings is 1. The average Bonchev–Trinajstić information content (AvgIpc) is 3.15. The minimum Gasteiger partial charge on any atom is -0.497 e. The van der Waals surface area contributed by atoms with Crippen LogP contribution < -0.4 is 20.9 Å². The molecule has 0 radical (unpaired) electrons. The summed E-state index contributed by atoms with van der Waals surface area (Å²) in [5, 5.41) is 0. The van der Waals surface area contributed by atoms with Crippen molar-refractivity contribution in [2.75, 3.05) is 38.2 Å². The number of fused-ring (bicyclic) bond motifs is 1. The molecule has 4 rings (SSSR count). The van der Waals surface area contributed by atoms with Crippen molar-refractivity contribution in [2.24, 2.45) is 14.1 Å². The van der Waals surface area contributed by atoms with Gasteiger partial charge < -0.3 is 14.6 Å². The Labute approximate surface area is 161 Å². The first-order valence-electron chi connectivity index (χ1n) is 9.24. The van der Waals surface area contributed by atoms with E-state index in [4.69, 9.17) is 4.74 Å². The molecule has 0 bridgehead atoms. The number of hydrogen-bond acceptors (Lipinski definition) is 6. The van der Waals surface area contributed by atoms with Gasteiger partial charge in [-0.15, -0.1) is 0 Å². The third kappa shape index (κ3) is 3.18. The Morgan fingerprint density at radius 2 is 1.71 bits per heavy atom. The van der Waals surface area contributed by atoms with Gasteiger partial charge in [0, 0.05) is 46.0 Å². The highest BCUT2D eigenvalue weighted by Crippen LogP contribution is 2.21. The van der Waals surface area contributed by atoms with E-state index >= 15 is 0 Å². The number of H-pyrrole nitrogens is 1. The maximum Gasteiger partial charge on any atom is 0.332 e. The van der Waals surface area contributed by atoms with Crippen LogP contribution in [0.5, 0.6) is 5.75 Å². The number of aromatic nitrogens is 4. The molecule has 148 valence electrons. The Morgan fingerprint density at radius 3 is 2.36 bits per heavy atom. The first-order chi connectivity index (χ1) is 13.5. The lowest BCUT2D eigenvalue weighted by Gasteiger charge is -2.35. The van der Waals surface area contributed by atoms with Crippen molar-refractivity contribution in [3.05, 3.63) is 50.9 Å². The largest absolute Gasteiger partial charge is 0.497 e. The molecule has 0 atom stereocenters. The average molecular weight is 384 g/mol. The number of methoxy groups -OCH3 is 1. The van der Waals surface area contributed by atoms with Crippen LogP contribution in [0.15, 0.2) is 33.9 Å². The van der Waals surface area contributed by atoms with Crippen LogP contribution in [0.25, 0.3) is 11.2 Å². The molecule has 0 saturated carbocycles. The third-order valence-corrected chi connectivity index (χ3v) is 5.33. The molecule has 1 saturated heterocycles. The van der Waals surface area contributed by atoms with Gasteiger partial charge >= 0.3 is 5.69 Å². The summed E-state index contributed by atoms with van der Waals surface area (Å²) in [4.78, 5) is 36.6. The lowest BCUT2D eigenvalue weighted by Crippen LogP contribution is -2.46. The van der Waals surface area contributed by atoms with Gasteiger partial charge in [0.25, 0.3) is 5.56 Å². The van der Waals surface area contributed by atoms with Crippen molar-refractivity contribution in [3.8, 4) is 5.75 Å². The quantitative estimate of drug-likeness (QED) is 0.696. The van der Waals surface area contributed by atoms with Crippen LogP contribution in [0.3, 0.4) is 0 Å². The lowest BCUT2D eigenvalue weighted by atomic mass is 10.2. The Morgan fingerprint density at radius 1 is 1.04 bits per heavy atom. The van der Waals surface area contributed by atoms with E-state index in [-0.39, 0.29) is 11.2 Å². The summed E-state index contributed by atoms with van der Waals surface area (Å²) in [6.07, 6.45) is 0. The van der Waals surface area contributed by atoms with E-state index in [0.717, 1.165) is 36.5 Å². The monoisotopic (exact) mass is 384 g/mol. The number of imidazole rings is 1. The molecule has 2 aromatic heterocycles. The molecule has 1 aliphatic heterocycles. The highest BCUT2D eigenvalue weighted by Gasteiger charge is 2.20. The zero-order valence-electron chi connectivity index (χ0n) is 16.3. The Balaban J connectivity index is 1.46. The minimum absolute atomic E-state index is 0.346. The molecule has 1 aromatic carbocycles. The summed E-state index contributed by atoms with van der Waals surface area (Å²) in [5.74, 6) is 1.55. The second kappa shape index (κ2) is 7.16. The predicted molar refractivity (Wildman–Crippen MR) is 107 cm³/mol. The highest BCUT2D eigenvalue weighted by atomic mass is 16.5. The molecule has 1 fully saturated rings. The van der Waals surface area contributed by atoms with Crippen LogP contribution >= 0.6 is 0 Å². The van der Waals surface area contributed by atoms with Crippen molar-refractivity contribution < 1.29 is 4.74 Å². The summed E-state index contributed by atoms with van der Waals surface area (Å²) in [5.41, 5.74) is 1.24. The fourth-order valence-corrected chi connectivity index (χ4v) is 3.62. The second-order valence-corrected chi connectivity index (χ2v) is 7.05.